The molecule has 0 saturated heterocycles. The van der Waals surface area contributed by atoms with E-state index in [1.807, 2.05) is 32.0 Å². The topological polar surface area (TPSA) is 66.8 Å². The number of aryl methyl sites for hydroxylation is 2. The molecule has 1 saturated carbocycles. The molecule has 1 N–H and O–H groups in total. The number of hydroxylamine groups is 2. The molecule has 3 rings (SSSR count). The summed E-state index contributed by atoms with van der Waals surface area (Å²) in [5, 5.41) is 12.2. The zero-order valence-electron chi connectivity index (χ0n) is 13.7. The van der Waals surface area contributed by atoms with Crippen LogP contribution in [0, 0.1) is 13.8 Å². The van der Waals surface area contributed by atoms with Gasteiger partial charge in [-0.05, 0) is 43.4 Å². The van der Waals surface area contributed by atoms with Gasteiger partial charge in [0.2, 0.25) is 0 Å². The lowest BCUT2D eigenvalue weighted by Gasteiger charge is -2.38. The van der Waals surface area contributed by atoms with E-state index in [0.717, 1.165) is 16.7 Å². The number of hydrogen-bond donors (Lipinski definition) is 1. The summed E-state index contributed by atoms with van der Waals surface area (Å²) in [5.74, 6) is -0.140. The van der Waals surface area contributed by atoms with Crippen LogP contribution in [0.4, 0.5) is 0 Å². The van der Waals surface area contributed by atoms with Gasteiger partial charge in [-0.25, -0.2) is 5.06 Å². The van der Waals surface area contributed by atoms with Crippen LogP contribution in [-0.4, -0.2) is 34.5 Å². The molecule has 122 valence electrons. The second-order valence-corrected chi connectivity index (χ2v) is 6.34. The van der Waals surface area contributed by atoms with Gasteiger partial charge in [0.1, 0.15) is 17.1 Å². The molecule has 1 aromatic rings. The summed E-state index contributed by atoms with van der Waals surface area (Å²) in [6.45, 7) is 3.84. The highest BCUT2D eigenvalue weighted by atomic mass is 16.7. The van der Waals surface area contributed by atoms with Crippen LogP contribution >= 0.6 is 0 Å². The lowest BCUT2D eigenvalue weighted by Crippen LogP contribution is -2.50. The predicted octanol–water partition coefficient (Wildman–Crippen LogP) is 2.86. The molecular weight excluding hydrogens is 294 g/mol. The molecule has 0 radical (unpaired) electrons. The van der Waals surface area contributed by atoms with E-state index < -0.39 is 5.54 Å². The second-order valence-electron chi connectivity index (χ2n) is 6.34. The minimum atomic E-state index is -0.913. The Morgan fingerprint density at radius 2 is 1.70 bits per heavy atom. The Bertz CT molecular complexity index is 689. The van der Waals surface area contributed by atoms with E-state index in [9.17, 15) is 14.7 Å². The number of hydrogen-bond acceptors (Lipinski definition) is 4. The molecule has 1 aromatic carbocycles. The molecular formula is C18H21NO4. The zero-order valence-corrected chi connectivity index (χ0v) is 13.7. The summed E-state index contributed by atoms with van der Waals surface area (Å²) in [4.78, 5) is 29.8. The van der Waals surface area contributed by atoms with Gasteiger partial charge in [0.25, 0.3) is 5.91 Å². The van der Waals surface area contributed by atoms with Gasteiger partial charge in [-0.3, -0.25) is 14.4 Å². The Labute approximate surface area is 135 Å². The summed E-state index contributed by atoms with van der Waals surface area (Å²) in [6, 6.07) is 5.76. The fourth-order valence-corrected chi connectivity index (χ4v) is 3.80. The highest BCUT2D eigenvalue weighted by Gasteiger charge is 2.55. The maximum Gasteiger partial charge on any atom is 0.282 e. The Morgan fingerprint density at radius 3 is 2.22 bits per heavy atom. The summed E-state index contributed by atoms with van der Waals surface area (Å²) < 4.78 is 0. The average molecular weight is 315 g/mol. The third kappa shape index (κ3) is 2.18. The van der Waals surface area contributed by atoms with E-state index >= 15 is 0 Å². The quantitative estimate of drug-likeness (QED) is 0.911. The summed E-state index contributed by atoms with van der Waals surface area (Å²) in [7, 11) is 1.43. The highest BCUT2D eigenvalue weighted by molar-refractivity contribution is 6.23. The zero-order chi connectivity index (χ0) is 16.8. The number of aliphatic hydroxyl groups is 1. The molecule has 1 aliphatic heterocycles. The van der Waals surface area contributed by atoms with Crippen LogP contribution in [0.3, 0.4) is 0 Å². The second kappa shape index (κ2) is 5.49. The Morgan fingerprint density at radius 1 is 1.13 bits per heavy atom. The first kappa shape index (κ1) is 15.7. The first-order valence-corrected chi connectivity index (χ1v) is 7.83. The SMILES string of the molecule is CON1C(=O)C(c2c(C)cccc2C)=C(O)C12CCC(=O)CC2. The van der Waals surface area contributed by atoms with Crippen molar-refractivity contribution in [3.8, 4) is 0 Å². The van der Waals surface area contributed by atoms with Crippen LogP contribution in [0.1, 0.15) is 42.4 Å². The molecule has 5 heteroatoms. The van der Waals surface area contributed by atoms with Crippen molar-refractivity contribution in [2.24, 2.45) is 0 Å². The van der Waals surface area contributed by atoms with Crippen molar-refractivity contribution in [3.05, 3.63) is 40.6 Å². The first-order valence-electron chi connectivity index (χ1n) is 7.83. The van der Waals surface area contributed by atoms with Crippen molar-refractivity contribution in [3.63, 3.8) is 0 Å². The Hall–Kier alpha value is -2.14. The van der Waals surface area contributed by atoms with Gasteiger partial charge in [-0.2, -0.15) is 0 Å². The number of Topliss-reactive ketones (excluding diaryl/α,β-unsaturated/α-hetero) is 1. The monoisotopic (exact) mass is 315 g/mol. The van der Waals surface area contributed by atoms with Crippen LogP contribution in [0.5, 0.6) is 0 Å². The number of ketones is 1. The van der Waals surface area contributed by atoms with Crippen molar-refractivity contribution in [1.82, 2.24) is 5.06 Å². The summed E-state index contributed by atoms with van der Waals surface area (Å²) in [5.41, 5.74) is 2.01. The van der Waals surface area contributed by atoms with Gasteiger partial charge in [-0.1, -0.05) is 18.2 Å². The number of benzene rings is 1. The van der Waals surface area contributed by atoms with Crippen molar-refractivity contribution in [2.75, 3.05) is 7.11 Å². The molecule has 1 aliphatic carbocycles. The predicted molar refractivity (Wildman–Crippen MR) is 85.5 cm³/mol. The van der Waals surface area contributed by atoms with E-state index in [1.54, 1.807) is 0 Å². The number of nitrogens with zero attached hydrogens (tertiary/aromatic N) is 1. The largest absolute Gasteiger partial charge is 0.509 e. The molecule has 1 fully saturated rings. The van der Waals surface area contributed by atoms with Crippen LogP contribution in [0.25, 0.3) is 5.57 Å². The molecule has 5 nitrogen and oxygen atoms in total. The maximum atomic E-state index is 12.9. The van der Waals surface area contributed by atoms with Gasteiger partial charge in [0.15, 0.2) is 0 Å². The van der Waals surface area contributed by atoms with Crippen LogP contribution in [-0.2, 0) is 14.4 Å². The van der Waals surface area contributed by atoms with Gasteiger partial charge in [-0.15, -0.1) is 0 Å². The first-order chi connectivity index (χ1) is 10.9. The van der Waals surface area contributed by atoms with Crippen molar-refractivity contribution < 1.29 is 19.5 Å². The molecule has 0 atom stereocenters. The molecule has 0 aromatic heterocycles. The Kier molecular flexibility index (Phi) is 3.76. The summed E-state index contributed by atoms with van der Waals surface area (Å²) in [6.07, 6.45) is 1.48. The molecule has 0 bridgehead atoms. The summed E-state index contributed by atoms with van der Waals surface area (Å²) >= 11 is 0. The van der Waals surface area contributed by atoms with Crippen molar-refractivity contribution in [2.45, 2.75) is 45.1 Å². The minimum Gasteiger partial charge on any atom is -0.509 e. The fourth-order valence-electron chi connectivity index (χ4n) is 3.80. The average Bonchev–Trinajstić information content (AvgIpc) is 2.71. The number of aliphatic hydroxyl groups excluding tert-OH is 1. The van der Waals surface area contributed by atoms with Crippen LogP contribution in [0.2, 0.25) is 0 Å². The lowest BCUT2D eigenvalue weighted by atomic mass is 9.79. The Balaban J connectivity index is 2.18. The third-order valence-electron chi connectivity index (χ3n) is 5.01. The van der Waals surface area contributed by atoms with Crippen molar-refractivity contribution in [1.29, 1.82) is 0 Å². The molecule has 1 amide bonds. The third-order valence-corrected chi connectivity index (χ3v) is 5.01. The van der Waals surface area contributed by atoms with E-state index in [1.165, 1.54) is 12.2 Å². The number of carbonyl (C=O) groups is 2. The molecule has 2 aliphatic rings. The fraction of sp³-hybridized carbons (Fsp3) is 0.444. The highest BCUT2D eigenvalue weighted by Crippen LogP contribution is 2.47. The maximum absolute atomic E-state index is 12.9. The lowest BCUT2D eigenvalue weighted by molar-refractivity contribution is -0.200. The van der Waals surface area contributed by atoms with Gasteiger partial charge < -0.3 is 5.11 Å². The van der Waals surface area contributed by atoms with Crippen molar-refractivity contribution >= 4 is 17.3 Å². The van der Waals surface area contributed by atoms with E-state index in [0.29, 0.717) is 31.3 Å². The minimum absolute atomic E-state index is 0.0363. The van der Waals surface area contributed by atoms with E-state index in [-0.39, 0.29) is 17.4 Å². The van der Waals surface area contributed by atoms with Gasteiger partial charge >= 0.3 is 0 Å². The standard InChI is InChI=1S/C18H21NO4/c1-11-5-4-6-12(2)14(11)15-16(21)18(19(23-3)17(15)22)9-7-13(20)8-10-18/h4-6,21H,7-10H2,1-3H3. The van der Waals surface area contributed by atoms with E-state index in [4.69, 9.17) is 4.84 Å². The number of rotatable bonds is 2. The van der Waals surface area contributed by atoms with Gasteiger partial charge in [0, 0.05) is 12.8 Å². The molecule has 1 heterocycles. The smallest absolute Gasteiger partial charge is 0.282 e. The van der Waals surface area contributed by atoms with Crippen LogP contribution < -0.4 is 0 Å². The van der Waals surface area contributed by atoms with E-state index in [2.05, 4.69) is 0 Å². The molecule has 0 unspecified atom stereocenters. The number of amides is 1. The van der Waals surface area contributed by atoms with Crippen LogP contribution in [0.15, 0.2) is 24.0 Å². The molecule has 1 spiro atoms. The number of carbonyl (C=O) groups excluding carboxylic acids is 2. The van der Waals surface area contributed by atoms with Gasteiger partial charge in [0.05, 0.1) is 12.7 Å². The normalized spacial score (nSPS) is 20.7. The molecule has 23 heavy (non-hydrogen) atoms.